The van der Waals surface area contributed by atoms with Crippen LogP contribution in [0.15, 0.2) is 40.9 Å². The fourth-order valence-electron chi connectivity index (χ4n) is 2.83. The van der Waals surface area contributed by atoms with E-state index in [1.54, 1.807) is 0 Å². The highest BCUT2D eigenvalue weighted by molar-refractivity contribution is 9.10. The van der Waals surface area contributed by atoms with Crippen molar-refractivity contribution in [3.63, 3.8) is 0 Å². The first-order chi connectivity index (χ1) is 12.1. The number of H-pyrrole nitrogens is 1. The third kappa shape index (κ3) is 3.01. The maximum Gasteiger partial charge on any atom is 0.356 e. The molecule has 128 valence electrons. The molecular formula is C18H13BrFNO4. The van der Waals surface area contributed by atoms with Crippen molar-refractivity contribution in [3.8, 4) is 5.75 Å². The molecule has 0 radical (unpaired) electrons. The van der Waals surface area contributed by atoms with Gasteiger partial charge in [0.2, 0.25) is 0 Å². The van der Waals surface area contributed by atoms with Gasteiger partial charge in [0.15, 0.2) is 6.79 Å². The molecular weight excluding hydrogens is 393 g/mol. The van der Waals surface area contributed by atoms with Crippen LogP contribution >= 0.6 is 15.9 Å². The molecule has 3 aromatic rings. The number of fused-ring (bicyclic) bond motifs is 2. The smallest absolute Gasteiger partial charge is 0.356 e. The van der Waals surface area contributed by atoms with Crippen molar-refractivity contribution in [2.24, 2.45) is 0 Å². The minimum atomic E-state index is -0.534. The number of ether oxygens (including phenoxy) is 3. The molecule has 2 aromatic carbocycles. The van der Waals surface area contributed by atoms with Gasteiger partial charge in [-0.3, -0.25) is 0 Å². The Labute approximate surface area is 150 Å². The summed E-state index contributed by atoms with van der Waals surface area (Å²) in [5.41, 5.74) is 2.21. The first kappa shape index (κ1) is 16.1. The number of benzene rings is 2. The zero-order valence-electron chi connectivity index (χ0n) is 13.0. The number of carbonyl (C=O) groups is 1. The molecule has 0 saturated carbocycles. The number of halogens is 2. The van der Waals surface area contributed by atoms with Crippen LogP contribution in [0.2, 0.25) is 0 Å². The maximum absolute atomic E-state index is 13.7. The fraction of sp³-hybridized carbons (Fsp3) is 0.167. The number of hydrogen-bond acceptors (Lipinski definition) is 4. The molecule has 5 nitrogen and oxygen atoms in total. The van der Waals surface area contributed by atoms with Gasteiger partial charge in [-0.05, 0) is 34.1 Å². The summed E-state index contributed by atoms with van der Waals surface area (Å²) < 4.78 is 30.3. The number of rotatable bonds is 3. The van der Waals surface area contributed by atoms with E-state index >= 15 is 0 Å². The minimum Gasteiger partial charge on any atom is -0.467 e. The molecule has 7 heteroatoms. The van der Waals surface area contributed by atoms with Gasteiger partial charge in [0, 0.05) is 22.0 Å². The SMILES string of the molecule is O=C(OCc1cc(F)cc2c1OCOC2)c1[nH]c2ccccc2c1Br. The normalized spacial score (nSPS) is 13.4. The average molecular weight is 406 g/mol. The largest absolute Gasteiger partial charge is 0.467 e. The Morgan fingerprint density at radius 1 is 1.32 bits per heavy atom. The van der Waals surface area contributed by atoms with Crippen LogP contribution in [0.5, 0.6) is 5.75 Å². The van der Waals surface area contributed by atoms with E-state index in [0.717, 1.165) is 10.9 Å². The van der Waals surface area contributed by atoms with E-state index in [2.05, 4.69) is 20.9 Å². The molecule has 0 fully saturated rings. The number of aromatic nitrogens is 1. The van der Waals surface area contributed by atoms with E-state index in [9.17, 15) is 9.18 Å². The quantitative estimate of drug-likeness (QED) is 0.660. The fourth-order valence-corrected chi connectivity index (χ4v) is 3.43. The number of para-hydroxylation sites is 1. The Hall–Kier alpha value is -2.38. The zero-order chi connectivity index (χ0) is 17.4. The number of esters is 1. The molecule has 4 rings (SSSR count). The van der Waals surface area contributed by atoms with E-state index in [1.165, 1.54) is 12.1 Å². The molecule has 0 unspecified atom stereocenters. The van der Waals surface area contributed by atoms with Gasteiger partial charge < -0.3 is 19.2 Å². The van der Waals surface area contributed by atoms with Crippen LogP contribution in [-0.2, 0) is 22.7 Å². The Bertz CT molecular complexity index is 969. The number of aromatic amines is 1. The molecule has 1 aliphatic heterocycles. The van der Waals surface area contributed by atoms with Crippen LogP contribution in [-0.4, -0.2) is 17.7 Å². The van der Waals surface area contributed by atoms with Gasteiger partial charge >= 0.3 is 5.97 Å². The van der Waals surface area contributed by atoms with E-state index < -0.39 is 11.8 Å². The Morgan fingerprint density at radius 2 is 2.16 bits per heavy atom. The van der Waals surface area contributed by atoms with E-state index in [1.807, 2.05) is 24.3 Å². The summed E-state index contributed by atoms with van der Waals surface area (Å²) in [6, 6.07) is 10.2. The van der Waals surface area contributed by atoms with Gasteiger partial charge in [0.1, 0.15) is 23.9 Å². The summed E-state index contributed by atoms with van der Waals surface area (Å²) in [6.45, 7) is 0.259. The second-order valence-electron chi connectivity index (χ2n) is 5.60. The van der Waals surface area contributed by atoms with E-state index in [0.29, 0.717) is 27.0 Å². The van der Waals surface area contributed by atoms with Crippen molar-refractivity contribution >= 4 is 32.8 Å². The highest BCUT2D eigenvalue weighted by Crippen LogP contribution is 2.31. The van der Waals surface area contributed by atoms with Gasteiger partial charge in [-0.2, -0.15) is 0 Å². The molecule has 1 N–H and O–H groups in total. The minimum absolute atomic E-state index is 0.0904. The highest BCUT2D eigenvalue weighted by atomic mass is 79.9. The Balaban J connectivity index is 1.58. The van der Waals surface area contributed by atoms with Crippen LogP contribution < -0.4 is 4.74 Å². The number of hydrogen-bond donors (Lipinski definition) is 1. The van der Waals surface area contributed by atoms with Crippen LogP contribution in [0.25, 0.3) is 10.9 Å². The zero-order valence-corrected chi connectivity index (χ0v) is 14.6. The molecule has 2 heterocycles. The van der Waals surface area contributed by atoms with Crippen LogP contribution in [0.4, 0.5) is 4.39 Å². The van der Waals surface area contributed by atoms with Crippen LogP contribution in [0, 0.1) is 5.82 Å². The third-order valence-corrected chi connectivity index (χ3v) is 4.78. The summed E-state index contributed by atoms with van der Waals surface area (Å²) in [4.78, 5) is 15.4. The molecule has 0 saturated heterocycles. The summed E-state index contributed by atoms with van der Waals surface area (Å²) in [6.07, 6.45) is 0. The maximum atomic E-state index is 13.7. The van der Waals surface area contributed by atoms with Gasteiger partial charge in [-0.15, -0.1) is 0 Å². The van der Waals surface area contributed by atoms with Crippen molar-refractivity contribution in [2.45, 2.75) is 13.2 Å². The van der Waals surface area contributed by atoms with Gasteiger partial charge in [-0.25, -0.2) is 9.18 Å². The Kier molecular flexibility index (Phi) is 4.19. The first-order valence-corrected chi connectivity index (χ1v) is 8.38. The third-order valence-electron chi connectivity index (χ3n) is 3.96. The molecule has 0 aliphatic carbocycles. The lowest BCUT2D eigenvalue weighted by Crippen LogP contribution is -2.15. The lowest BCUT2D eigenvalue weighted by molar-refractivity contribution is -0.0183. The van der Waals surface area contributed by atoms with Crippen molar-refractivity contribution < 1.29 is 23.4 Å². The predicted octanol–water partition coefficient (Wildman–Crippen LogP) is 4.29. The van der Waals surface area contributed by atoms with Gasteiger partial charge in [0.05, 0.1) is 11.1 Å². The molecule has 0 amide bonds. The van der Waals surface area contributed by atoms with Crippen LogP contribution in [0.1, 0.15) is 21.6 Å². The van der Waals surface area contributed by atoms with Gasteiger partial charge in [-0.1, -0.05) is 18.2 Å². The van der Waals surface area contributed by atoms with Crippen LogP contribution in [0.3, 0.4) is 0 Å². The Morgan fingerprint density at radius 3 is 3.00 bits per heavy atom. The van der Waals surface area contributed by atoms with Crippen molar-refractivity contribution in [1.29, 1.82) is 0 Å². The van der Waals surface area contributed by atoms with Gasteiger partial charge in [0.25, 0.3) is 0 Å². The molecule has 0 atom stereocenters. The molecule has 0 bridgehead atoms. The van der Waals surface area contributed by atoms with E-state index in [4.69, 9.17) is 14.2 Å². The summed E-state index contributed by atoms with van der Waals surface area (Å²) >= 11 is 3.42. The lowest BCUT2D eigenvalue weighted by atomic mass is 10.1. The second-order valence-corrected chi connectivity index (χ2v) is 6.39. The number of nitrogens with one attached hydrogen (secondary N) is 1. The summed E-state index contributed by atoms with van der Waals surface area (Å²) in [5.74, 6) is -0.449. The molecule has 0 spiro atoms. The summed E-state index contributed by atoms with van der Waals surface area (Å²) in [7, 11) is 0. The molecule has 1 aliphatic rings. The average Bonchev–Trinajstić information content (AvgIpc) is 2.96. The van der Waals surface area contributed by atoms with E-state index in [-0.39, 0.29) is 20.0 Å². The topological polar surface area (TPSA) is 60.6 Å². The lowest BCUT2D eigenvalue weighted by Gasteiger charge is -2.20. The standard InChI is InChI=1S/C18H13BrFNO4/c19-15-13-3-1-2-4-14(13)21-16(15)18(22)24-8-11-6-12(20)5-10-7-23-9-25-17(10)11/h1-6,21H,7-9H2. The van der Waals surface area contributed by atoms with Crippen molar-refractivity contribution in [3.05, 3.63) is 63.5 Å². The highest BCUT2D eigenvalue weighted by Gasteiger charge is 2.21. The second kappa shape index (κ2) is 6.50. The monoisotopic (exact) mass is 405 g/mol. The molecule has 1 aromatic heterocycles. The first-order valence-electron chi connectivity index (χ1n) is 7.58. The van der Waals surface area contributed by atoms with Crippen molar-refractivity contribution in [2.75, 3.05) is 6.79 Å². The molecule has 25 heavy (non-hydrogen) atoms. The number of carbonyl (C=O) groups excluding carboxylic acids is 1. The predicted molar refractivity (Wildman–Crippen MR) is 91.8 cm³/mol. The van der Waals surface area contributed by atoms with Crippen molar-refractivity contribution in [1.82, 2.24) is 4.98 Å². The summed E-state index contributed by atoms with van der Waals surface area (Å²) in [5, 5.41) is 0.887.